The number of ether oxygens (including phenoxy) is 1. The Morgan fingerprint density at radius 1 is 1.30 bits per heavy atom. The van der Waals surface area contributed by atoms with Crippen molar-refractivity contribution >= 4 is 0 Å². The topological polar surface area (TPSA) is 45.0 Å². The smallest absolute Gasteiger partial charge is 0.119 e. The van der Waals surface area contributed by atoms with Gasteiger partial charge in [-0.1, -0.05) is 26.0 Å². The Morgan fingerprint density at radius 3 is 2.50 bits per heavy atom. The van der Waals surface area contributed by atoms with Gasteiger partial charge in [-0.25, -0.2) is 0 Å². The highest BCUT2D eigenvalue weighted by Gasteiger charge is 2.43. The van der Waals surface area contributed by atoms with E-state index in [1.807, 2.05) is 12.1 Å². The lowest BCUT2D eigenvalue weighted by atomic mass is 10.0. The minimum absolute atomic E-state index is 0.142. The monoisotopic (exact) mass is 272 g/mol. The Morgan fingerprint density at radius 2 is 2.00 bits per heavy atom. The van der Waals surface area contributed by atoms with Crippen molar-refractivity contribution in [3.63, 3.8) is 0 Å². The van der Waals surface area contributed by atoms with Crippen molar-refractivity contribution < 1.29 is 4.74 Å². The highest BCUT2D eigenvalue weighted by molar-refractivity contribution is 5.29. The zero-order valence-corrected chi connectivity index (χ0v) is 12.5. The average Bonchev–Trinajstić information content (AvgIpc) is 3.24. The molecule has 0 saturated heterocycles. The molecule has 1 aromatic rings. The van der Waals surface area contributed by atoms with Crippen molar-refractivity contribution in [1.29, 1.82) is 5.26 Å². The third-order valence-corrected chi connectivity index (χ3v) is 4.10. The van der Waals surface area contributed by atoms with Crippen molar-refractivity contribution in [2.75, 3.05) is 13.2 Å². The summed E-state index contributed by atoms with van der Waals surface area (Å²) < 4.78 is 5.84. The van der Waals surface area contributed by atoms with E-state index in [2.05, 4.69) is 37.4 Å². The normalized spacial score (nSPS) is 17.2. The van der Waals surface area contributed by atoms with Gasteiger partial charge in [0, 0.05) is 17.9 Å². The zero-order valence-electron chi connectivity index (χ0n) is 12.5. The molecule has 1 fully saturated rings. The Hall–Kier alpha value is -1.53. The Kier molecular flexibility index (Phi) is 5.03. The predicted molar refractivity (Wildman–Crippen MR) is 80.5 cm³/mol. The molecule has 20 heavy (non-hydrogen) atoms. The van der Waals surface area contributed by atoms with Gasteiger partial charge in [-0.3, -0.25) is 0 Å². The lowest BCUT2D eigenvalue weighted by Crippen LogP contribution is -2.20. The number of nitriles is 1. The Labute approximate surface area is 121 Å². The van der Waals surface area contributed by atoms with Crippen LogP contribution >= 0.6 is 0 Å². The first-order chi connectivity index (χ1) is 9.73. The third kappa shape index (κ3) is 3.74. The molecule has 1 saturated carbocycles. The van der Waals surface area contributed by atoms with Gasteiger partial charge in [-0.2, -0.15) is 5.26 Å². The molecule has 2 rings (SSSR count). The quantitative estimate of drug-likeness (QED) is 0.782. The molecule has 1 aliphatic carbocycles. The van der Waals surface area contributed by atoms with Gasteiger partial charge in [0.05, 0.1) is 12.7 Å². The summed E-state index contributed by atoms with van der Waals surface area (Å²) in [5.41, 5.74) is 1.45. The fourth-order valence-corrected chi connectivity index (χ4v) is 2.49. The van der Waals surface area contributed by atoms with E-state index >= 15 is 0 Å². The third-order valence-electron chi connectivity index (χ3n) is 4.10. The molecular weight excluding hydrogens is 248 g/mol. The van der Waals surface area contributed by atoms with Crippen LogP contribution in [0.2, 0.25) is 0 Å². The van der Waals surface area contributed by atoms with Gasteiger partial charge >= 0.3 is 0 Å². The van der Waals surface area contributed by atoms with E-state index in [0.717, 1.165) is 31.6 Å². The van der Waals surface area contributed by atoms with Crippen LogP contribution in [0.4, 0.5) is 0 Å². The van der Waals surface area contributed by atoms with E-state index in [1.165, 1.54) is 5.56 Å². The molecule has 0 bridgehead atoms. The molecule has 0 heterocycles. The SMILES string of the molecule is CCNC(CC)c1ccc(OCC2(CC#N)CC2)cc1. The summed E-state index contributed by atoms with van der Waals surface area (Å²) in [6, 6.07) is 11.0. The number of hydrogen-bond acceptors (Lipinski definition) is 3. The molecular formula is C17H24N2O. The summed E-state index contributed by atoms with van der Waals surface area (Å²) in [5, 5.41) is 12.3. The molecule has 3 nitrogen and oxygen atoms in total. The van der Waals surface area contributed by atoms with Gasteiger partial charge < -0.3 is 10.1 Å². The number of nitrogens with zero attached hydrogens (tertiary/aromatic N) is 1. The minimum atomic E-state index is 0.142. The van der Waals surface area contributed by atoms with E-state index in [0.29, 0.717) is 19.1 Å². The summed E-state index contributed by atoms with van der Waals surface area (Å²) in [5.74, 6) is 0.907. The first kappa shape index (κ1) is 14.9. The van der Waals surface area contributed by atoms with Gasteiger partial charge in [0.1, 0.15) is 5.75 Å². The Bertz CT molecular complexity index is 457. The molecule has 0 aromatic heterocycles. The highest BCUT2D eigenvalue weighted by Crippen LogP contribution is 2.48. The fourth-order valence-electron chi connectivity index (χ4n) is 2.49. The molecule has 1 N–H and O–H groups in total. The number of hydrogen-bond donors (Lipinski definition) is 1. The molecule has 3 heteroatoms. The summed E-state index contributed by atoms with van der Waals surface area (Å²) in [6.07, 6.45) is 3.94. The molecule has 0 spiro atoms. The standard InChI is InChI=1S/C17H24N2O/c1-3-16(19-4-2)14-5-7-15(8-6-14)20-13-17(9-10-17)11-12-18/h5-8,16,19H,3-4,9-11,13H2,1-2H3. The van der Waals surface area contributed by atoms with Gasteiger partial charge in [-0.05, 0) is 43.5 Å². The van der Waals surface area contributed by atoms with Gasteiger partial charge in [0.2, 0.25) is 0 Å². The first-order valence-corrected chi connectivity index (χ1v) is 7.56. The van der Waals surface area contributed by atoms with E-state index in [-0.39, 0.29) is 5.41 Å². The van der Waals surface area contributed by atoms with Crippen molar-refractivity contribution in [3.05, 3.63) is 29.8 Å². The molecule has 0 radical (unpaired) electrons. The molecule has 0 aliphatic heterocycles. The van der Waals surface area contributed by atoms with Crippen LogP contribution in [0.1, 0.15) is 51.1 Å². The van der Waals surface area contributed by atoms with E-state index in [9.17, 15) is 0 Å². The lowest BCUT2D eigenvalue weighted by molar-refractivity contribution is 0.237. The first-order valence-electron chi connectivity index (χ1n) is 7.56. The zero-order chi connectivity index (χ0) is 14.4. The maximum atomic E-state index is 8.80. The Balaban J connectivity index is 1.90. The van der Waals surface area contributed by atoms with Crippen LogP contribution in [-0.4, -0.2) is 13.2 Å². The van der Waals surface area contributed by atoms with Gasteiger partial charge in [0.15, 0.2) is 0 Å². The minimum Gasteiger partial charge on any atom is -0.493 e. The molecule has 108 valence electrons. The van der Waals surface area contributed by atoms with Crippen LogP contribution in [0.5, 0.6) is 5.75 Å². The summed E-state index contributed by atoms with van der Waals surface area (Å²) in [6.45, 7) is 5.97. The highest BCUT2D eigenvalue weighted by atomic mass is 16.5. The second-order valence-corrected chi connectivity index (χ2v) is 5.71. The van der Waals surface area contributed by atoms with Crippen LogP contribution < -0.4 is 10.1 Å². The van der Waals surface area contributed by atoms with Crippen molar-refractivity contribution in [2.45, 2.75) is 45.6 Å². The number of rotatable bonds is 8. The van der Waals surface area contributed by atoms with Crippen LogP contribution in [0.3, 0.4) is 0 Å². The fraction of sp³-hybridized carbons (Fsp3) is 0.588. The maximum absolute atomic E-state index is 8.80. The number of nitrogens with one attached hydrogen (secondary N) is 1. The maximum Gasteiger partial charge on any atom is 0.119 e. The molecule has 0 amide bonds. The van der Waals surface area contributed by atoms with E-state index in [1.54, 1.807) is 0 Å². The van der Waals surface area contributed by atoms with Crippen molar-refractivity contribution in [1.82, 2.24) is 5.32 Å². The largest absolute Gasteiger partial charge is 0.493 e. The second-order valence-electron chi connectivity index (χ2n) is 5.71. The van der Waals surface area contributed by atoms with E-state index in [4.69, 9.17) is 10.00 Å². The van der Waals surface area contributed by atoms with E-state index < -0.39 is 0 Å². The molecule has 1 aromatic carbocycles. The lowest BCUT2D eigenvalue weighted by Gasteiger charge is -2.17. The summed E-state index contributed by atoms with van der Waals surface area (Å²) >= 11 is 0. The average molecular weight is 272 g/mol. The summed E-state index contributed by atoms with van der Waals surface area (Å²) in [7, 11) is 0. The molecule has 1 atom stereocenters. The van der Waals surface area contributed by atoms with Crippen molar-refractivity contribution in [3.8, 4) is 11.8 Å². The molecule has 1 unspecified atom stereocenters. The van der Waals surface area contributed by atoms with Crippen LogP contribution in [-0.2, 0) is 0 Å². The van der Waals surface area contributed by atoms with Crippen LogP contribution in [0.15, 0.2) is 24.3 Å². The predicted octanol–water partition coefficient (Wildman–Crippen LogP) is 3.82. The molecule has 1 aliphatic rings. The summed E-state index contributed by atoms with van der Waals surface area (Å²) in [4.78, 5) is 0. The second kappa shape index (κ2) is 6.76. The number of benzene rings is 1. The van der Waals surface area contributed by atoms with Crippen molar-refractivity contribution in [2.24, 2.45) is 5.41 Å². The van der Waals surface area contributed by atoms with Gasteiger partial charge in [0.25, 0.3) is 0 Å². The van der Waals surface area contributed by atoms with Gasteiger partial charge in [-0.15, -0.1) is 0 Å². The van der Waals surface area contributed by atoms with Crippen LogP contribution in [0, 0.1) is 16.7 Å². The van der Waals surface area contributed by atoms with Crippen LogP contribution in [0.25, 0.3) is 0 Å².